The molecule has 1 aromatic rings. The van der Waals surface area contributed by atoms with Gasteiger partial charge in [-0.2, -0.15) is 13.2 Å². The van der Waals surface area contributed by atoms with Gasteiger partial charge in [-0.1, -0.05) is 42.5 Å². The van der Waals surface area contributed by atoms with Gasteiger partial charge >= 0.3 is 12.1 Å². The van der Waals surface area contributed by atoms with Gasteiger partial charge in [-0.05, 0) is 6.85 Å². The van der Waals surface area contributed by atoms with E-state index in [1.165, 1.54) is 44.4 Å². The smallest absolute Gasteiger partial charge is 0.440 e. The molecule has 0 fully saturated rings. The molecule has 0 aliphatic carbocycles. The van der Waals surface area contributed by atoms with Crippen molar-refractivity contribution < 1.29 is 26.8 Å². The fourth-order valence-electron chi connectivity index (χ4n) is 1.41. The highest BCUT2D eigenvalue weighted by Gasteiger charge is 2.47. The second-order valence-corrected chi connectivity index (χ2v) is 4.52. The van der Waals surface area contributed by atoms with E-state index >= 15 is 0 Å². The summed E-state index contributed by atoms with van der Waals surface area (Å²) in [6, 6.07) is 6.85. The van der Waals surface area contributed by atoms with Crippen LogP contribution >= 0.6 is 12.2 Å². The second-order valence-electron chi connectivity index (χ2n) is 4.13. The van der Waals surface area contributed by atoms with E-state index in [9.17, 15) is 18.0 Å². The molecule has 0 N–H and O–H groups in total. The van der Waals surface area contributed by atoms with Crippen molar-refractivity contribution in [3.8, 4) is 0 Å². The van der Waals surface area contributed by atoms with Crippen molar-refractivity contribution in [3.63, 3.8) is 0 Å². The zero-order valence-corrected chi connectivity index (χ0v) is 11.5. The minimum absolute atomic E-state index is 0.170. The molecule has 1 atom stereocenters. The lowest BCUT2D eigenvalue weighted by atomic mass is 9.95. The summed E-state index contributed by atoms with van der Waals surface area (Å²) in [5.41, 5.74) is -2.89. The summed E-state index contributed by atoms with van der Waals surface area (Å²) in [5, 5.41) is 0. The van der Waals surface area contributed by atoms with Gasteiger partial charge in [-0.25, -0.2) is 4.79 Å². The third-order valence-corrected chi connectivity index (χ3v) is 3.02. The SMILES string of the molecule is [2H]C([2H])([2H])C(OC(=O)C(F)(F)F)(C(=S)N(C)C)c1ccccc1. The standard InChI is InChI=1S/C13H14F3NO2S/c1-12(10(20)17(2)3,9-7-5-4-6-8-9)19-11(18)13(14,15)16/h4-8H,1-3H3/i1D3. The second kappa shape index (κ2) is 5.78. The number of benzene rings is 1. The third kappa shape index (κ3) is 3.47. The Hall–Kier alpha value is -1.63. The maximum absolute atomic E-state index is 12.6. The number of carbonyl (C=O) groups is 1. The molecular weight excluding hydrogens is 291 g/mol. The Morgan fingerprint density at radius 1 is 1.30 bits per heavy atom. The van der Waals surface area contributed by atoms with Crippen molar-refractivity contribution in [2.45, 2.75) is 18.6 Å². The van der Waals surface area contributed by atoms with Gasteiger partial charge in [0.05, 0.1) is 0 Å². The average molecular weight is 308 g/mol. The van der Waals surface area contributed by atoms with Crippen molar-refractivity contribution in [2.75, 3.05) is 14.1 Å². The van der Waals surface area contributed by atoms with Gasteiger partial charge < -0.3 is 9.64 Å². The Morgan fingerprint density at radius 2 is 1.85 bits per heavy atom. The molecule has 20 heavy (non-hydrogen) atoms. The first-order valence-electron chi connectivity index (χ1n) is 6.91. The number of halogens is 3. The Labute approximate surface area is 124 Å². The number of ether oxygens (including phenoxy) is 1. The van der Waals surface area contributed by atoms with Crippen LogP contribution in [0.3, 0.4) is 0 Å². The van der Waals surface area contributed by atoms with E-state index in [0.717, 1.165) is 4.90 Å². The van der Waals surface area contributed by atoms with Gasteiger partial charge in [0.1, 0.15) is 4.99 Å². The van der Waals surface area contributed by atoms with E-state index < -0.39 is 29.6 Å². The van der Waals surface area contributed by atoms with Crippen LogP contribution in [0.15, 0.2) is 30.3 Å². The predicted molar refractivity (Wildman–Crippen MR) is 72.2 cm³/mol. The van der Waals surface area contributed by atoms with E-state index in [1.807, 2.05) is 0 Å². The van der Waals surface area contributed by atoms with Crippen LogP contribution in [0.25, 0.3) is 0 Å². The third-order valence-electron chi connectivity index (χ3n) is 2.36. The van der Waals surface area contributed by atoms with Crippen LogP contribution < -0.4 is 0 Å². The minimum Gasteiger partial charge on any atom is -0.440 e. The van der Waals surface area contributed by atoms with E-state index in [0.29, 0.717) is 0 Å². The van der Waals surface area contributed by atoms with Crippen LogP contribution in [0.2, 0.25) is 0 Å². The number of carbonyl (C=O) groups excluding carboxylic acids is 1. The first kappa shape index (κ1) is 12.1. The monoisotopic (exact) mass is 308 g/mol. The number of alkyl halides is 3. The van der Waals surface area contributed by atoms with Crippen molar-refractivity contribution in [1.29, 1.82) is 0 Å². The molecule has 0 aromatic heterocycles. The number of esters is 1. The molecule has 3 nitrogen and oxygen atoms in total. The molecule has 0 heterocycles. The lowest BCUT2D eigenvalue weighted by Gasteiger charge is -2.34. The summed E-state index contributed by atoms with van der Waals surface area (Å²) < 4.78 is 65.4. The van der Waals surface area contributed by atoms with E-state index in [1.54, 1.807) is 0 Å². The summed E-state index contributed by atoms with van der Waals surface area (Å²) >= 11 is 5.00. The molecule has 0 saturated heterocycles. The number of thiocarbonyl (C=S) groups is 1. The molecule has 0 aliphatic rings. The summed E-state index contributed by atoms with van der Waals surface area (Å²) in [6.07, 6.45) is -5.35. The van der Waals surface area contributed by atoms with Crippen LogP contribution in [0, 0.1) is 0 Å². The van der Waals surface area contributed by atoms with Crippen molar-refractivity contribution in [2.24, 2.45) is 0 Å². The summed E-state index contributed by atoms with van der Waals surface area (Å²) in [7, 11) is 2.71. The number of likely N-dealkylation sites (N-methyl/N-ethyl adjacent to an activating group) is 1. The maximum atomic E-state index is 12.6. The summed E-state index contributed by atoms with van der Waals surface area (Å²) in [5.74, 6) is -2.62. The van der Waals surface area contributed by atoms with Gasteiger partial charge in [-0.3, -0.25) is 0 Å². The van der Waals surface area contributed by atoms with Crippen molar-refractivity contribution >= 4 is 23.2 Å². The molecule has 0 saturated carbocycles. The Bertz CT molecular complexity index is 590. The first-order chi connectivity index (χ1) is 10.3. The first-order valence-corrected chi connectivity index (χ1v) is 5.82. The van der Waals surface area contributed by atoms with Crippen LogP contribution in [0.4, 0.5) is 13.2 Å². The van der Waals surface area contributed by atoms with Gasteiger partial charge in [-0.15, -0.1) is 0 Å². The molecule has 0 spiro atoms. The van der Waals surface area contributed by atoms with Gasteiger partial charge in [0, 0.05) is 23.8 Å². The van der Waals surface area contributed by atoms with E-state index in [2.05, 4.69) is 4.74 Å². The molecule has 0 aliphatic heterocycles. The van der Waals surface area contributed by atoms with Crippen LogP contribution in [-0.2, 0) is 15.1 Å². The number of rotatable bonds is 3. The van der Waals surface area contributed by atoms with Crippen LogP contribution in [0.1, 0.15) is 16.5 Å². The molecule has 0 bridgehead atoms. The predicted octanol–water partition coefficient (Wildman–Crippen LogP) is 2.90. The zero-order chi connectivity index (χ0) is 18.1. The molecule has 7 heteroatoms. The van der Waals surface area contributed by atoms with Gasteiger partial charge in [0.25, 0.3) is 0 Å². The maximum Gasteiger partial charge on any atom is 0.490 e. The highest BCUT2D eigenvalue weighted by Crippen LogP contribution is 2.31. The lowest BCUT2D eigenvalue weighted by molar-refractivity contribution is -0.208. The molecule has 0 radical (unpaired) electrons. The summed E-state index contributed by atoms with van der Waals surface area (Å²) in [6.45, 7) is -3.16. The van der Waals surface area contributed by atoms with Crippen LogP contribution in [0.5, 0.6) is 0 Å². The Kier molecular flexibility index (Phi) is 3.51. The van der Waals surface area contributed by atoms with E-state index in [-0.39, 0.29) is 5.56 Å². The highest BCUT2D eigenvalue weighted by molar-refractivity contribution is 7.80. The van der Waals surface area contributed by atoms with Crippen LogP contribution in [-0.4, -0.2) is 36.1 Å². The normalized spacial score (nSPS) is 17.1. The molecular formula is C13H14F3NO2S. The molecule has 1 rings (SSSR count). The summed E-state index contributed by atoms with van der Waals surface area (Å²) in [4.78, 5) is 12.0. The van der Waals surface area contributed by atoms with Gasteiger partial charge in [0.2, 0.25) is 0 Å². The fraction of sp³-hybridized carbons (Fsp3) is 0.385. The Balaban J connectivity index is 3.62. The van der Waals surface area contributed by atoms with Crippen molar-refractivity contribution in [1.82, 2.24) is 4.90 Å². The molecule has 1 aromatic carbocycles. The quantitative estimate of drug-likeness (QED) is 0.634. The average Bonchev–Trinajstić information content (AvgIpc) is 2.42. The number of hydrogen-bond acceptors (Lipinski definition) is 3. The molecule has 1 unspecified atom stereocenters. The number of hydrogen-bond donors (Lipinski definition) is 0. The van der Waals surface area contributed by atoms with Crippen molar-refractivity contribution in [3.05, 3.63) is 35.9 Å². The highest BCUT2D eigenvalue weighted by atomic mass is 32.1. The molecule has 0 amide bonds. The fourth-order valence-corrected chi connectivity index (χ4v) is 1.57. The number of nitrogens with zero attached hydrogens (tertiary/aromatic N) is 1. The Morgan fingerprint density at radius 3 is 2.25 bits per heavy atom. The van der Waals surface area contributed by atoms with E-state index in [4.69, 9.17) is 16.3 Å². The molecule has 110 valence electrons. The largest absolute Gasteiger partial charge is 0.490 e. The van der Waals surface area contributed by atoms with Gasteiger partial charge in [0.15, 0.2) is 5.60 Å². The minimum atomic E-state index is -5.35. The topological polar surface area (TPSA) is 29.5 Å². The zero-order valence-electron chi connectivity index (χ0n) is 13.7. The lowest BCUT2D eigenvalue weighted by Crippen LogP contribution is -2.46.